The highest BCUT2D eigenvalue weighted by molar-refractivity contribution is 9.10. The lowest BCUT2D eigenvalue weighted by molar-refractivity contribution is 0.100. The Morgan fingerprint density at radius 1 is 1.33 bits per heavy atom. The van der Waals surface area contributed by atoms with Crippen molar-refractivity contribution < 1.29 is 9.21 Å². The van der Waals surface area contributed by atoms with Gasteiger partial charge in [0, 0.05) is 12.4 Å². The maximum Gasteiger partial charge on any atom is 0.250 e. The number of hydrogen-bond donors (Lipinski definition) is 0. The molecule has 0 saturated heterocycles. The van der Waals surface area contributed by atoms with Crippen LogP contribution in [0.2, 0.25) is 0 Å². The molecule has 4 nitrogen and oxygen atoms in total. The summed E-state index contributed by atoms with van der Waals surface area (Å²) in [5.74, 6) is 0.0579. The summed E-state index contributed by atoms with van der Waals surface area (Å²) >= 11 is 3.29. The van der Waals surface area contributed by atoms with Gasteiger partial charge >= 0.3 is 0 Å². The van der Waals surface area contributed by atoms with Crippen molar-refractivity contribution in [2.24, 2.45) is 7.05 Å². The molecule has 0 spiro atoms. The van der Waals surface area contributed by atoms with Gasteiger partial charge in [-0.05, 0) is 28.1 Å². The molecular weight excluding hydrogens is 296 g/mol. The van der Waals surface area contributed by atoms with Gasteiger partial charge in [0.2, 0.25) is 5.78 Å². The molecule has 0 fully saturated rings. The highest BCUT2D eigenvalue weighted by Gasteiger charge is 2.22. The van der Waals surface area contributed by atoms with E-state index in [1.165, 1.54) is 6.26 Å². The minimum Gasteiger partial charge on any atom is -0.460 e. The first-order valence-corrected chi connectivity index (χ1v) is 6.17. The third-order valence-corrected chi connectivity index (χ3v) is 3.42. The van der Waals surface area contributed by atoms with Gasteiger partial charge in [0.25, 0.3) is 0 Å². The molecule has 18 heavy (non-hydrogen) atoms. The summed E-state index contributed by atoms with van der Waals surface area (Å²) in [6, 6.07) is 9.31. The molecule has 0 saturated carbocycles. The average Bonchev–Trinajstić information content (AvgIpc) is 2.94. The van der Waals surface area contributed by atoms with Crippen molar-refractivity contribution in [3.8, 4) is 0 Å². The number of rotatable bonds is 2. The van der Waals surface area contributed by atoms with Crippen LogP contribution in [0.15, 0.2) is 45.5 Å². The number of hydrogen-bond acceptors (Lipinski definition) is 3. The fourth-order valence-electron chi connectivity index (χ4n) is 1.94. The van der Waals surface area contributed by atoms with Gasteiger partial charge in [0.05, 0.1) is 16.3 Å². The van der Waals surface area contributed by atoms with E-state index in [4.69, 9.17) is 4.42 Å². The van der Waals surface area contributed by atoms with E-state index >= 15 is 0 Å². The van der Waals surface area contributed by atoms with Gasteiger partial charge in [-0.3, -0.25) is 9.48 Å². The third-order valence-electron chi connectivity index (χ3n) is 2.80. The number of benzene rings is 1. The maximum atomic E-state index is 12.4. The summed E-state index contributed by atoms with van der Waals surface area (Å²) in [7, 11) is 1.82. The zero-order valence-electron chi connectivity index (χ0n) is 9.55. The van der Waals surface area contributed by atoms with Crippen LogP contribution in [-0.2, 0) is 7.05 Å². The Balaban J connectivity index is 2.21. The van der Waals surface area contributed by atoms with Crippen molar-refractivity contribution in [1.82, 2.24) is 9.78 Å². The van der Waals surface area contributed by atoms with Gasteiger partial charge in [-0.1, -0.05) is 18.2 Å². The number of carbonyl (C=O) groups is 1. The van der Waals surface area contributed by atoms with Gasteiger partial charge in [0.15, 0.2) is 5.76 Å². The molecule has 90 valence electrons. The van der Waals surface area contributed by atoms with Crippen LogP contribution in [0.5, 0.6) is 0 Å². The Bertz CT molecular complexity index is 742. The van der Waals surface area contributed by atoms with Crippen molar-refractivity contribution in [2.75, 3.05) is 0 Å². The molecule has 2 aromatic heterocycles. The fraction of sp³-hybridized carbons (Fsp3) is 0.0769. The molecule has 0 bridgehead atoms. The van der Waals surface area contributed by atoms with Gasteiger partial charge in [0.1, 0.15) is 5.69 Å². The van der Waals surface area contributed by atoms with Crippen molar-refractivity contribution in [2.45, 2.75) is 0 Å². The normalized spacial score (nSPS) is 11.0. The van der Waals surface area contributed by atoms with E-state index in [1.54, 1.807) is 10.7 Å². The lowest BCUT2D eigenvalue weighted by Crippen LogP contribution is -2.03. The Morgan fingerprint density at radius 3 is 2.83 bits per heavy atom. The van der Waals surface area contributed by atoms with Gasteiger partial charge in [-0.25, -0.2) is 0 Å². The number of fused-ring (bicyclic) bond motifs is 1. The van der Waals surface area contributed by atoms with Crippen molar-refractivity contribution in [1.29, 1.82) is 0 Å². The highest BCUT2D eigenvalue weighted by atomic mass is 79.9. The zero-order valence-corrected chi connectivity index (χ0v) is 11.1. The predicted octanol–water partition coefficient (Wildman–Crippen LogP) is 3.16. The van der Waals surface area contributed by atoms with E-state index in [0.29, 0.717) is 10.2 Å². The van der Waals surface area contributed by atoms with Gasteiger partial charge in [-0.2, -0.15) is 5.10 Å². The predicted molar refractivity (Wildman–Crippen MR) is 70.6 cm³/mol. The van der Waals surface area contributed by atoms with Crippen LogP contribution < -0.4 is 0 Å². The molecular formula is C13H9BrN2O2. The number of halogens is 1. The van der Waals surface area contributed by atoms with E-state index < -0.39 is 0 Å². The standard InChI is InChI=1S/C13H9BrN2O2/c1-16-10-5-3-2-4-8(10)11(15-16)12(17)13-9(14)6-7-18-13/h2-7H,1H3. The molecule has 2 heterocycles. The molecule has 0 unspecified atom stereocenters. The molecule has 0 N–H and O–H groups in total. The Kier molecular flexibility index (Phi) is 2.56. The molecule has 0 aliphatic carbocycles. The fourth-order valence-corrected chi connectivity index (χ4v) is 2.33. The number of ketones is 1. The second kappa shape index (κ2) is 4.10. The van der Waals surface area contributed by atoms with Gasteiger partial charge < -0.3 is 4.42 Å². The maximum absolute atomic E-state index is 12.4. The summed E-state index contributed by atoms with van der Waals surface area (Å²) in [5.41, 5.74) is 1.33. The molecule has 1 aromatic carbocycles. The van der Waals surface area contributed by atoms with E-state index in [2.05, 4.69) is 21.0 Å². The quantitative estimate of drug-likeness (QED) is 0.683. The third kappa shape index (κ3) is 1.59. The molecule has 0 aliphatic rings. The van der Waals surface area contributed by atoms with Crippen molar-refractivity contribution in [3.63, 3.8) is 0 Å². The van der Waals surface area contributed by atoms with Gasteiger partial charge in [-0.15, -0.1) is 0 Å². The van der Waals surface area contributed by atoms with Crippen LogP contribution in [0.25, 0.3) is 10.9 Å². The summed E-state index contributed by atoms with van der Waals surface area (Å²) in [4.78, 5) is 12.4. The Morgan fingerprint density at radius 2 is 2.11 bits per heavy atom. The largest absolute Gasteiger partial charge is 0.460 e. The minimum absolute atomic E-state index is 0.219. The second-order valence-corrected chi connectivity index (χ2v) is 4.77. The summed E-state index contributed by atoms with van der Waals surface area (Å²) in [6.45, 7) is 0. The number of furan rings is 1. The minimum atomic E-state index is -0.219. The molecule has 0 aliphatic heterocycles. The number of para-hydroxylation sites is 1. The lowest BCUT2D eigenvalue weighted by Gasteiger charge is -1.94. The van der Waals surface area contributed by atoms with Crippen LogP contribution in [-0.4, -0.2) is 15.6 Å². The smallest absolute Gasteiger partial charge is 0.250 e. The first-order valence-electron chi connectivity index (χ1n) is 5.38. The number of nitrogens with zero attached hydrogens (tertiary/aromatic N) is 2. The Labute approximate surface area is 111 Å². The number of aromatic nitrogens is 2. The summed E-state index contributed by atoms with van der Waals surface area (Å²) in [6.07, 6.45) is 1.47. The highest BCUT2D eigenvalue weighted by Crippen LogP contribution is 2.24. The van der Waals surface area contributed by atoms with E-state index in [1.807, 2.05) is 31.3 Å². The Hall–Kier alpha value is -1.88. The summed E-state index contributed by atoms with van der Waals surface area (Å²) in [5, 5.41) is 5.10. The van der Waals surface area contributed by atoms with E-state index in [9.17, 15) is 4.79 Å². The van der Waals surface area contributed by atoms with Crippen LogP contribution in [0, 0.1) is 0 Å². The monoisotopic (exact) mass is 304 g/mol. The van der Waals surface area contributed by atoms with E-state index in [0.717, 1.165) is 10.9 Å². The van der Waals surface area contributed by atoms with Crippen LogP contribution >= 0.6 is 15.9 Å². The first-order chi connectivity index (χ1) is 8.68. The van der Waals surface area contributed by atoms with Crippen LogP contribution in [0.1, 0.15) is 16.2 Å². The lowest BCUT2D eigenvalue weighted by atomic mass is 10.1. The van der Waals surface area contributed by atoms with Crippen LogP contribution in [0.3, 0.4) is 0 Å². The molecule has 0 amide bonds. The van der Waals surface area contributed by atoms with Crippen LogP contribution in [0.4, 0.5) is 0 Å². The number of aryl methyl sites for hydroxylation is 1. The second-order valence-electron chi connectivity index (χ2n) is 3.92. The van der Waals surface area contributed by atoms with E-state index in [-0.39, 0.29) is 11.5 Å². The summed E-state index contributed by atoms with van der Waals surface area (Å²) < 4.78 is 7.53. The van der Waals surface area contributed by atoms with Crippen molar-refractivity contribution in [3.05, 3.63) is 52.5 Å². The molecule has 5 heteroatoms. The first kappa shape index (κ1) is 11.2. The molecule has 3 rings (SSSR count). The average molecular weight is 305 g/mol. The zero-order chi connectivity index (χ0) is 12.7. The topological polar surface area (TPSA) is 48.0 Å². The van der Waals surface area contributed by atoms with Crippen molar-refractivity contribution >= 4 is 32.6 Å². The SMILES string of the molecule is Cn1nc(C(=O)c2occc2Br)c2ccccc21. The molecule has 0 atom stereocenters. The number of carbonyl (C=O) groups excluding carboxylic acids is 1. The molecule has 3 aromatic rings. The molecule has 0 radical (unpaired) electrons.